The van der Waals surface area contributed by atoms with Crippen molar-refractivity contribution in [2.24, 2.45) is 5.41 Å². The zero-order chi connectivity index (χ0) is 14.4. The van der Waals surface area contributed by atoms with Crippen LogP contribution in [0.25, 0.3) is 0 Å². The highest BCUT2D eigenvalue weighted by molar-refractivity contribution is 7.84. The lowest BCUT2D eigenvalue weighted by atomic mass is 9.74. The minimum atomic E-state index is -1.04. The molecular formula is C14H23N3OS2. The third kappa shape index (κ3) is 2.47. The Hall–Kier alpha value is -0.300. The van der Waals surface area contributed by atoms with Crippen molar-refractivity contribution in [1.29, 1.82) is 0 Å². The second kappa shape index (κ2) is 5.16. The summed E-state index contributed by atoms with van der Waals surface area (Å²) in [6, 6.07) is 0.201. The van der Waals surface area contributed by atoms with E-state index in [0.717, 1.165) is 32.4 Å². The summed E-state index contributed by atoms with van der Waals surface area (Å²) < 4.78 is 15.7. The Kier molecular flexibility index (Phi) is 3.77. The summed E-state index contributed by atoms with van der Waals surface area (Å²) in [7, 11) is -1.04. The molecule has 0 aromatic carbocycles. The van der Waals surface area contributed by atoms with Crippen molar-refractivity contribution >= 4 is 22.3 Å². The first kappa shape index (κ1) is 14.6. The molecule has 1 aromatic heterocycles. The maximum atomic E-state index is 12.5. The van der Waals surface area contributed by atoms with E-state index in [2.05, 4.69) is 15.0 Å². The van der Waals surface area contributed by atoms with Gasteiger partial charge in [-0.1, -0.05) is 0 Å². The van der Waals surface area contributed by atoms with Crippen LogP contribution >= 0.6 is 11.3 Å². The quantitative estimate of drug-likeness (QED) is 0.880. The van der Waals surface area contributed by atoms with E-state index in [0.29, 0.717) is 0 Å². The second-order valence-corrected chi connectivity index (χ2v) is 9.77. The van der Waals surface area contributed by atoms with Crippen LogP contribution in [0.2, 0.25) is 0 Å². The lowest BCUT2D eigenvalue weighted by Gasteiger charge is -2.40. The van der Waals surface area contributed by atoms with Crippen molar-refractivity contribution in [3.63, 3.8) is 0 Å². The number of rotatable bonds is 2. The van der Waals surface area contributed by atoms with Crippen LogP contribution in [0.15, 0.2) is 5.51 Å². The average molecular weight is 313 g/mol. The van der Waals surface area contributed by atoms with Gasteiger partial charge in [-0.05, 0) is 58.5 Å². The van der Waals surface area contributed by atoms with Crippen LogP contribution in [0.3, 0.4) is 0 Å². The number of thiazole rings is 1. The minimum Gasteiger partial charge on any atom is -0.317 e. The van der Waals surface area contributed by atoms with Crippen molar-refractivity contribution in [1.82, 2.24) is 15.0 Å². The summed E-state index contributed by atoms with van der Waals surface area (Å²) in [4.78, 5) is 5.83. The predicted octanol–water partition coefficient (Wildman–Crippen LogP) is 2.16. The molecule has 1 fully saturated rings. The lowest BCUT2D eigenvalue weighted by Crippen LogP contribution is -2.46. The Morgan fingerprint density at radius 3 is 2.80 bits per heavy atom. The van der Waals surface area contributed by atoms with E-state index < -0.39 is 11.0 Å². The van der Waals surface area contributed by atoms with Crippen LogP contribution in [0.4, 0.5) is 0 Å². The van der Waals surface area contributed by atoms with Crippen molar-refractivity contribution in [3.05, 3.63) is 16.1 Å². The number of fused-ring (bicyclic) bond motifs is 1. The Bertz CT molecular complexity index is 515. The van der Waals surface area contributed by atoms with Crippen molar-refractivity contribution in [2.45, 2.75) is 50.8 Å². The van der Waals surface area contributed by atoms with E-state index in [-0.39, 0.29) is 16.2 Å². The number of piperidine rings is 1. The number of hydrogen-bond donors (Lipinski definition) is 2. The minimum absolute atomic E-state index is 0.201. The highest BCUT2D eigenvalue weighted by Crippen LogP contribution is 2.52. The zero-order valence-corrected chi connectivity index (χ0v) is 14.0. The molecule has 112 valence electrons. The first-order valence-corrected chi connectivity index (χ1v) is 9.26. The van der Waals surface area contributed by atoms with E-state index >= 15 is 0 Å². The van der Waals surface area contributed by atoms with Crippen LogP contribution in [-0.2, 0) is 17.4 Å². The third-order valence-electron chi connectivity index (χ3n) is 4.45. The fourth-order valence-corrected chi connectivity index (χ4v) is 5.22. The van der Waals surface area contributed by atoms with Crippen LogP contribution in [-0.4, -0.2) is 27.0 Å². The number of aromatic nitrogens is 1. The van der Waals surface area contributed by atoms with Gasteiger partial charge in [-0.2, -0.15) is 0 Å². The molecule has 1 aliphatic heterocycles. The summed E-state index contributed by atoms with van der Waals surface area (Å²) in [5.41, 5.74) is 3.36. The molecule has 1 saturated heterocycles. The zero-order valence-electron chi connectivity index (χ0n) is 12.4. The number of nitrogens with one attached hydrogen (secondary N) is 2. The normalized spacial score (nSPS) is 26.6. The smallest absolute Gasteiger partial charge is 0.0976 e. The average Bonchev–Trinajstić information content (AvgIpc) is 2.91. The molecule has 3 rings (SSSR count). The predicted molar refractivity (Wildman–Crippen MR) is 84.1 cm³/mol. The van der Waals surface area contributed by atoms with Crippen molar-refractivity contribution < 1.29 is 4.21 Å². The van der Waals surface area contributed by atoms with Crippen LogP contribution in [0.1, 0.15) is 50.2 Å². The van der Waals surface area contributed by atoms with E-state index in [4.69, 9.17) is 0 Å². The molecule has 0 amide bonds. The topological polar surface area (TPSA) is 54.0 Å². The van der Waals surface area contributed by atoms with Crippen LogP contribution in [0, 0.1) is 5.41 Å². The summed E-state index contributed by atoms with van der Waals surface area (Å²) in [6.07, 6.45) is 3.30. The van der Waals surface area contributed by atoms with Gasteiger partial charge < -0.3 is 5.32 Å². The van der Waals surface area contributed by atoms with Gasteiger partial charge in [0, 0.05) is 4.88 Å². The maximum Gasteiger partial charge on any atom is 0.0976 e. The van der Waals surface area contributed by atoms with E-state index in [9.17, 15) is 4.21 Å². The SMILES string of the molecule is CC(C)(C)[S@](=O)N[C@H]1c2scnc2CC12CCNCC2. The first-order valence-electron chi connectivity index (χ1n) is 7.23. The highest BCUT2D eigenvalue weighted by Gasteiger charge is 2.49. The van der Waals surface area contributed by atoms with Gasteiger partial charge >= 0.3 is 0 Å². The van der Waals surface area contributed by atoms with Gasteiger partial charge in [0.25, 0.3) is 0 Å². The second-order valence-electron chi connectivity index (χ2n) is 6.88. The number of nitrogens with zero attached hydrogens (tertiary/aromatic N) is 1. The first-order chi connectivity index (χ1) is 9.42. The van der Waals surface area contributed by atoms with Gasteiger partial charge in [-0.15, -0.1) is 11.3 Å². The van der Waals surface area contributed by atoms with Gasteiger partial charge in [-0.3, -0.25) is 0 Å². The molecule has 0 unspecified atom stereocenters. The van der Waals surface area contributed by atoms with Gasteiger partial charge in [0.15, 0.2) is 0 Å². The van der Waals surface area contributed by atoms with Gasteiger partial charge in [0.2, 0.25) is 0 Å². The van der Waals surface area contributed by atoms with Gasteiger partial charge in [0.1, 0.15) is 0 Å². The Morgan fingerprint density at radius 2 is 2.15 bits per heavy atom. The lowest BCUT2D eigenvalue weighted by molar-refractivity contribution is 0.165. The molecule has 20 heavy (non-hydrogen) atoms. The van der Waals surface area contributed by atoms with Gasteiger partial charge in [0.05, 0.1) is 33.0 Å². The summed E-state index contributed by atoms with van der Waals surface area (Å²) in [5, 5.41) is 3.44. The molecule has 1 spiro atoms. The molecular weight excluding hydrogens is 290 g/mol. The molecule has 2 atom stereocenters. The summed E-state index contributed by atoms with van der Waals surface area (Å²) in [6.45, 7) is 8.17. The van der Waals surface area contributed by atoms with Crippen molar-refractivity contribution in [2.75, 3.05) is 13.1 Å². The third-order valence-corrected chi connectivity index (χ3v) is 6.95. The maximum absolute atomic E-state index is 12.5. The molecule has 0 saturated carbocycles. The molecule has 2 aliphatic rings. The molecule has 6 heteroatoms. The van der Waals surface area contributed by atoms with Crippen molar-refractivity contribution in [3.8, 4) is 0 Å². The van der Waals surface area contributed by atoms with E-state index in [1.165, 1.54) is 10.6 Å². The van der Waals surface area contributed by atoms with E-state index in [1.807, 2.05) is 26.3 Å². The van der Waals surface area contributed by atoms with Crippen LogP contribution in [0.5, 0.6) is 0 Å². The number of hydrogen-bond acceptors (Lipinski definition) is 4. The molecule has 0 bridgehead atoms. The van der Waals surface area contributed by atoms with Crippen LogP contribution < -0.4 is 10.0 Å². The Balaban J connectivity index is 1.89. The molecule has 2 N–H and O–H groups in total. The van der Waals surface area contributed by atoms with E-state index in [1.54, 1.807) is 11.3 Å². The molecule has 1 aromatic rings. The molecule has 2 heterocycles. The summed E-state index contributed by atoms with van der Waals surface area (Å²) >= 11 is 1.71. The van der Waals surface area contributed by atoms with Gasteiger partial charge in [-0.25, -0.2) is 13.9 Å². The largest absolute Gasteiger partial charge is 0.317 e. The Morgan fingerprint density at radius 1 is 1.45 bits per heavy atom. The molecule has 0 radical (unpaired) electrons. The standard InChI is InChI=1S/C14H23N3OS2/c1-13(2,3)20(18)17-12-11-10(16-9-19-11)8-14(12)4-6-15-7-5-14/h9,12,15,17H,4-8H2,1-3H3/t12-,20-/m0/s1. The fourth-order valence-electron chi connectivity index (χ4n) is 3.21. The highest BCUT2D eigenvalue weighted by atomic mass is 32.2. The fraction of sp³-hybridized carbons (Fsp3) is 0.786. The monoisotopic (exact) mass is 313 g/mol. The Labute approximate surface area is 127 Å². The molecule has 1 aliphatic carbocycles. The summed E-state index contributed by atoms with van der Waals surface area (Å²) in [5.74, 6) is 0. The molecule has 4 nitrogen and oxygen atoms in total.